The van der Waals surface area contributed by atoms with Crippen LogP contribution < -0.4 is 10.1 Å². The Morgan fingerprint density at radius 2 is 2.17 bits per heavy atom. The van der Waals surface area contributed by atoms with E-state index in [1.807, 2.05) is 12.1 Å². The minimum Gasteiger partial charge on any atom is -0.497 e. The largest absolute Gasteiger partial charge is 0.497 e. The maximum Gasteiger partial charge on any atom is 0.119 e. The van der Waals surface area contributed by atoms with Crippen LogP contribution in [0.25, 0.3) is 0 Å². The molecule has 1 N–H and O–H groups in total. The van der Waals surface area contributed by atoms with E-state index in [1.165, 1.54) is 14.2 Å². The van der Waals surface area contributed by atoms with Gasteiger partial charge in [-0.25, -0.2) is 0 Å². The molecule has 0 aliphatic rings. The van der Waals surface area contributed by atoms with Crippen LogP contribution in [0.15, 0.2) is 40.2 Å². The molecule has 18 heavy (non-hydrogen) atoms. The highest BCUT2D eigenvalue weighted by Gasteiger charge is 2.06. The Morgan fingerprint density at radius 3 is 2.83 bits per heavy atom. The molecule has 1 unspecified atom stereocenters. The van der Waals surface area contributed by atoms with Gasteiger partial charge < -0.3 is 10.1 Å². The van der Waals surface area contributed by atoms with Gasteiger partial charge in [0.15, 0.2) is 0 Å². The summed E-state index contributed by atoms with van der Waals surface area (Å²) in [6.45, 7) is 3.05. The van der Waals surface area contributed by atoms with Crippen molar-refractivity contribution < 1.29 is 4.74 Å². The monoisotopic (exact) mass is 325 g/mol. The third-order valence-electron chi connectivity index (χ3n) is 2.81. The van der Waals surface area contributed by atoms with Crippen LogP contribution in [0.2, 0.25) is 0 Å². The van der Waals surface area contributed by atoms with Gasteiger partial charge in [0, 0.05) is 17.5 Å². The van der Waals surface area contributed by atoms with Crippen molar-refractivity contribution in [1.29, 1.82) is 0 Å². The lowest BCUT2D eigenvalue weighted by Crippen LogP contribution is -2.17. The molecule has 0 aliphatic heterocycles. The number of benzene rings is 1. The Kier molecular flexibility index (Phi) is 4.80. The highest BCUT2D eigenvalue weighted by atomic mass is 79.9. The van der Waals surface area contributed by atoms with Crippen LogP contribution in [0.5, 0.6) is 5.75 Å². The molecule has 0 saturated heterocycles. The topological polar surface area (TPSA) is 21.3 Å². The molecule has 0 saturated carbocycles. The van der Waals surface area contributed by atoms with Crippen LogP contribution in [0.1, 0.15) is 23.4 Å². The van der Waals surface area contributed by atoms with Crippen LogP contribution in [0.3, 0.4) is 0 Å². The minimum absolute atomic E-state index is 0.306. The zero-order valence-electron chi connectivity index (χ0n) is 10.4. The third kappa shape index (κ3) is 3.57. The molecule has 0 fully saturated rings. The summed E-state index contributed by atoms with van der Waals surface area (Å²) in [5, 5.41) is 3.51. The van der Waals surface area contributed by atoms with E-state index in [-0.39, 0.29) is 0 Å². The summed E-state index contributed by atoms with van der Waals surface area (Å²) in [6.07, 6.45) is 0. The van der Waals surface area contributed by atoms with Gasteiger partial charge in [0.2, 0.25) is 0 Å². The lowest BCUT2D eigenvalue weighted by Gasteiger charge is -2.14. The molecule has 1 aromatic heterocycles. The van der Waals surface area contributed by atoms with Crippen LogP contribution in [0.4, 0.5) is 0 Å². The predicted octanol–water partition coefficient (Wildman–Crippen LogP) is 4.37. The molecule has 96 valence electrons. The van der Waals surface area contributed by atoms with E-state index in [9.17, 15) is 0 Å². The SMILES string of the molecule is COc1cccc(C(C)NCc2ccc(Br)s2)c1. The number of thiophene rings is 1. The summed E-state index contributed by atoms with van der Waals surface area (Å²) in [7, 11) is 1.69. The van der Waals surface area contributed by atoms with Crippen LogP contribution in [-0.2, 0) is 6.54 Å². The summed E-state index contributed by atoms with van der Waals surface area (Å²) in [4.78, 5) is 1.33. The lowest BCUT2D eigenvalue weighted by molar-refractivity contribution is 0.413. The van der Waals surface area contributed by atoms with Gasteiger partial charge in [0.05, 0.1) is 10.9 Å². The zero-order chi connectivity index (χ0) is 13.0. The first kappa shape index (κ1) is 13.6. The predicted molar refractivity (Wildman–Crippen MR) is 80.3 cm³/mol. The number of methoxy groups -OCH3 is 1. The number of hydrogen-bond acceptors (Lipinski definition) is 3. The standard InChI is InChI=1S/C14H16BrNOS/c1-10(11-4-3-5-12(8-11)17-2)16-9-13-6-7-14(15)18-13/h3-8,10,16H,9H2,1-2H3. The fourth-order valence-corrected chi connectivity index (χ4v) is 3.16. The molecule has 2 aromatic rings. The van der Waals surface area contributed by atoms with E-state index in [0.717, 1.165) is 12.3 Å². The molecule has 0 spiro atoms. The maximum absolute atomic E-state index is 5.24. The summed E-state index contributed by atoms with van der Waals surface area (Å²) in [5.74, 6) is 0.903. The first-order valence-corrected chi connectivity index (χ1v) is 7.41. The lowest BCUT2D eigenvalue weighted by atomic mass is 10.1. The minimum atomic E-state index is 0.306. The maximum atomic E-state index is 5.24. The van der Waals surface area contributed by atoms with Crippen molar-refractivity contribution in [2.24, 2.45) is 0 Å². The zero-order valence-corrected chi connectivity index (χ0v) is 12.8. The van der Waals surface area contributed by atoms with Gasteiger partial charge in [-0.1, -0.05) is 12.1 Å². The van der Waals surface area contributed by atoms with E-state index >= 15 is 0 Å². The average molecular weight is 326 g/mol. The van der Waals surface area contributed by atoms with Gasteiger partial charge in [-0.3, -0.25) is 0 Å². The van der Waals surface area contributed by atoms with Gasteiger partial charge in [-0.05, 0) is 52.7 Å². The van der Waals surface area contributed by atoms with Crippen molar-refractivity contribution in [3.8, 4) is 5.75 Å². The molecule has 0 bridgehead atoms. The first-order valence-electron chi connectivity index (χ1n) is 5.80. The second-order valence-electron chi connectivity index (χ2n) is 4.09. The highest BCUT2D eigenvalue weighted by Crippen LogP contribution is 2.23. The fourth-order valence-electron chi connectivity index (χ4n) is 1.73. The molecule has 1 aromatic carbocycles. The Hall–Kier alpha value is -0.840. The Morgan fingerprint density at radius 1 is 1.33 bits per heavy atom. The normalized spacial score (nSPS) is 12.4. The van der Waals surface area contributed by atoms with E-state index in [1.54, 1.807) is 18.4 Å². The quantitative estimate of drug-likeness (QED) is 0.881. The third-order valence-corrected chi connectivity index (χ3v) is 4.43. The molecule has 2 rings (SSSR count). The molecule has 1 heterocycles. The Labute approximate surface area is 120 Å². The molecule has 0 radical (unpaired) electrons. The summed E-state index contributed by atoms with van der Waals surface area (Å²) < 4.78 is 6.41. The van der Waals surface area contributed by atoms with Crippen molar-refractivity contribution in [2.45, 2.75) is 19.5 Å². The van der Waals surface area contributed by atoms with Gasteiger partial charge in [0.1, 0.15) is 5.75 Å². The van der Waals surface area contributed by atoms with E-state index < -0.39 is 0 Å². The molecule has 1 atom stereocenters. The molecule has 0 amide bonds. The average Bonchev–Trinajstić information content (AvgIpc) is 2.82. The smallest absolute Gasteiger partial charge is 0.119 e. The van der Waals surface area contributed by atoms with Crippen molar-refractivity contribution in [2.75, 3.05) is 7.11 Å². The molecule has 4 heteroatoms. The second kappa shape index (κ2) is 6.36. The molecule has 2 nitrogen and oxygen atoms in total. The molecular formula is C14H16BrNOS. The van der Waals surface area contributed by atoms with Gasteiger partial charge in [-0.15, -0.1) is 11.3 Å². The Balaban J connectivity index is 1.96. The summed E-state index contributed by atoms with van der Waals surface area (Å²) in [5.41, 5.74) is 1.24. The van der Waals surface area contributed by atoms with Crippen molar-refractivity contribution in [3.63, 3.8) is 0 Å². The molecular weight excluding hydrogens is 310 g/mol. The summed E-state index contributed by atoms with van der Waals surface area (Å²) >= 11 is 5.24. The number of halogens is 1. The van der Waals surface area contributed by atoms with Gasteiger partial charge >= 0.3 is 0 Å². The number of hydrogen-bond donors (Lipinski definition) is 1. The number of rotatable bonds is 5. The second-order valence-corrected chi connectivity index (χ2v) is 6.63. The Bertz CT molecular complexity index is 512. The highest BCUT2D eigenvalue weighted by molar-refractivity contribution is 9.11. The van der Waals surface area contributed by atoms with E-state index in [4.69, 9.17) is 4.74 Å². The van der Waals surface area contributed by atoms with Crippen LogP contribution in [0, 0.1) is 0 Å². The fraction of sp³-hybridized carbons (Fsp3) is 0.286. The number of ether oxygens (including phenoxy) is 1. The van der Waals surface area contributed by atoms with E-state index in [0.29, 0.717) is 6.04 Å². The van der Waals surface area contributed by atoms with Gasteiger partial charge in [-0.2, -0.15) is 0 Å². The molecule has 0 aliphatic carbocycles. The van der Waals surface area contributed by atoms with Crippen LogP contribution >= 0.6 is 27.3 Å². The first-order chi connectivity index (χ1) is 8.69. The van der Waals surface area contributed by atoms with E-state index in [2.05, 4.69) is 52.4 Å². The van der Waals surface area contributed by atoms with Crippen LogP contribution in [-0.4, -0.2) is 7.11 Å². The van der Waals surface area contributed by atoms with Crippen molar-refractivity contribution in [3.05, 3.63) is 50.6 Å². The van der Waals surface area contributed by atoms with Crippen molar-refractivity contribution in [1.82, 2.24) is 5.32 Å². The number of nitrogens with one attached hydrogen (secondary N) is 1. The summed E-state index contributed by atoms with van der Waals surface area (Å²) in [6, 6.07) is 12.7. The van der Waals surface area contributed by atoms with Gasteiger partial charge in [0.25, 0.3) is 0 Å². The van der Waals surface area contributed by atoms with Crippen molar-refractivity contribution >= 4 is 27.3 Å².